The van der Waals surface area contributed by atoms with Crippen molar-refractivity contribution in [3.8, 4) is 5.75 Å². The second-order valence-corrected chi connectivity index (χ2v) is 8.06. The largest absolute Gasteiger partial charge is 0.508 e. The highest BCUT2D eigenvalue weighted by molar-refractivity contribution is 7.59. The molecule has 2 N–H and O–H groups in total. The minimum atomic E-state index is -0.792. The average molecular weight is 491 g/mol. The number of aryl methyl sites for hydroxylation is 1. The number of nitrogens with one attached hydrogen (secondary N) is 1. The van der Waals surface area contributed by atoms with E-state index in [0.29, 0.717) is 19.4 Å². The molecule has 4 rings (SSSR count). The monoisotopic (exact) mass is 490 g/mol. The number of nitrogens with zero attached hydrogens (tertiary/aromatic N) is 1. The van der Waals surface area contributed by atoms with E-state index in [1.165, 1.54) is 0 Å². The van der Waals surface area contributed by atoms with Crippen LogP contribution in [0.5, 0.6) is 5.75 Å². The van der Waals surface area contributed by atoms with Crippen LogP contribution in [0, 0.1) is 0 Å². The number of ketones is 1. The summed E-state index contributed by atoms with van der Waals surface area (Å²) in [6.45, 7) is 0.469. The maximum absolute atomic E-state index is 13.4. The van der Waals surface area contributed by atoms with E-state index in [2.05, 4.69) is 5.32 Å². The molecule has 7 nitrogen and oxygen atoms in total. The molecule has 2 aliphatic rings. The van der Waals surface area contributed by atoms with Crippen LogP contribution in [0.2, 0.25) is 0 Å². The van der Waals surface area contributed by atoms with Crippen molar-refractivity contribution in [1.29, 1.82) is 0 Å². The number of phenolic OH excluding ortho intramolecular Hbond substituents is 1. The van der Waals surface area contributed by atoms with Gasteiger partial charge in [0.15, 0.2) is 5.78 Å². The van der Waals surface area contributed by atoms with E-state index in [4.69, 9.17) is 4.74 Å². The molecule has 3 atom stereocenters. The topological polar surface area (TPSA) is 95.9 Å². The Morgan fingerprint density at radius 1 is 1.06 bits per heavy atom. The fourth-order valence-corrected chi connectivity index (χ4v) is 4.28. The summed E-state index contributed by atoms with van der Waals surface area (Å²) in [5.74, 6) is -0.442. The fraction of sp³-hybridized carbons (Fsp3) is 0.375. The Bertz CT molecular complexity index is 955. The first kappa shape index (κ1) is 26.8. The Kier molecular flexibility index (Phi) is 9.82. The summed E-state index contributed by atoms with van der Waals surface area (Å²) in [4.78, 5) is 39.8. The van der Waals surface area contributed by atoms with Crippen LogP contribution < -0.4 is 5.32 Å². The highest BCUT2D eigenvalue weighted by Gasteiger charge is 2.48. The van der Waals surface area contributed by atoms with Gasteiger partial charge in [-0.25, -0.2) is 0 Å². The van der Waals surface area contributed by atoms with Crippen LogP contribution in [0.25, 0.3) is 0 Å². The van der Waals surface area contributed by atoms with E-state index in [1.54, 1.807) is 29.2 Å². The summed E-state index contributed by atoms with van der Waals surface area (Å²) in [5.41, 5.74) is 1.86. The number of fused-ring (bicyclic) bond motifs is 1. The van der Waals surface area contributed by atoms with Crippen molar-refractivity contribution in [3.05, 3.63) is 65.7 Å². The molecule has 2 aromatic rings. The van der Waals surface area contributed by atoms with Crippen molar-refractivity contribution in [3.63, 3.8) is 0 Å². The number of hydrogen-bond acceptors (Lipinski definition) is 5. The van der Waals surface area contributed by atoms with Gasteiger partial charge in [-0.3, -0.25) is 14.4 Å². The molecule has 0 aliphatic carbocycles. The summed E-state index contributed by atoms with van der Waals surface area (Å²) in [5, 5.41) is 12.4. The third-order valence-corrected chi connectivity index (χ3v) is 5.89. The number of phenols is 1. The minimum absolute atomic E-state index is 0. The van der Waals surface area contributed by atoms with Gasteiger partial charge in [0.1, 0.15) is 24.4 Å². The SMILES string of the molecule is O=C(CCc1ccccc1)N[C@@H](Cc1ccc(O)cc1)C(=O)N1CC[C@H]2OCC(=O)[C@H]21.S.S. The summed E-state index contributed by atoms with van der Waals surface area (Å²) >= 11 is 0. The third kappa shape index (κ3) is 6.52. The average Bonchev–Trinajstić information content (AvgIpc) is 3.36. The molecule has 2 aromatic carbocycles. The molecule has 0 bridgehead atoms. The molecular weight excluding hydrogens is 460 g/mol. The van der Waals surface area contributed by atoms with Crippen LogP contribution in [0.4, 0.5) is 0 Å². The van der Waals surface area contributed by atoms with Gasteiger partial charge in [-0.05, 0) is 36.1 Å². The van der Waals surface area contributed by atoms with Crippen LogP contribution in [0.15, 0.2) is 54.6 Å². The van der Waals surface area contributed by atoms with Crippen LogP contribution in [0.1, 0.15) is 24.0 Å². The van der Waals surface area contributed by atoms with Gasteiger partial charge in [-0.15, -0.1) is 0 Å². The Morgan fingerprint density at radius 2 is 1.76 bits per heavy atom. The second-order valence-electron chi connectivity index (χ2n) is 8.06. The van der Waals surface area contributed by atoms with Crippen LogP contribution >= 0.6 is 27.0 Å². The highest BCUT2D eigenvalue weighted by Crippen LogP contribution is 2.28. The van der Waals surface area contributed by atoms with Crippen molar-refractivity contribution in [1.82, 2.24) is 10.2 Å². The highest BCUT2D eigenvalue weighted by atomic mass is 32.1. The maximum atomic E-state index is 13.4. The number of amides is 2. The lowest BCUT2D eigenvalue weighted by atomic mass is 10.0. The first-order valence-corrected chi connectivity index (χ1v) is 10.6. The molecule has 2 saturated heterocycles. The zero-order valence-electron chi connectivity index (χ0n) is 18.2. The normalized spacial score (nSPS) is 19.8. The molecule has 2 heterocycles. The fourth-order valence-electron chi connectivity index (χ4n) is 4.28. The number of rotatable bonds is 7. The molecule has 0 aromatic heterocycles. The van der Waals surface area contributed by atoms with Crippen molar-refractivity contribution in [2.75, 3.05) is 13.2 Å². The van der Waals surface area contributed by atoms with E-state index < -0.39 is 12.1 Å². The van der Waals surface area contributed by atoms with Gasteiger partial charge in [0.2, 0.25) is 11.8 Å². The summed E-state index contributed by atoms with van der Waals surface area (Å²) in [6, 6.07) is 14.9. The van der Waals surface area contributed by atoms with Crippen molar-refractivity contribution in [2.24, 2.45) is 0 Å². The van der Waals surface area contributed by atoms with E-state index in [1.807, 2.05) is 30.3 Å². The van der Waals surface area contributed by atoms with Gasteiger partial charge in [-0.1, -0.05) is 42.5 Å². The lowest BCUT2D eigenvalue weighted by molar-refractivity contribution is -0.139. The predicted molar refractivity (Wildman–Crippen MR) is 134 cm³/mol. The van der Waals surface area contributed by atoms with E-state index in [9.17, 15) is 19.5 Å². The lowest BCUT2D eigenvalue weighted by Crippen LogP contribution is -2.53. The number of aromatic hydroxyl groups is 1. The standard InChI is InChI=1S/C24H26N2O5.2H2S/c27-18-9-6-17(7-10-18)14-19(25-22(29)11-8-16-4-2-1-3-5-16)24(30)26-13-12-21-23(26)20(28)15-31-21;;/h1-7,9-10,19,21,23,27H,8,11-15H2,(H,25,29);2*1H2/t19-,21+,23+;;/m0../s1. The maximum Gasteiger partial charge on any atom is 0.246 e. The van der Waals surface area contributed by atoms with Gasteiger partial charge < -0.3 is 20.1 Å². The molecule has 2 amide bonds. The summed E-state index contributed by atoms with van der Waals surface area (Å²) in [7, 11) is 0. The van der Waals surface area contributed by atoms with Crippen molar-refractivity contribution >= 4 is 44.6 Å². The zero-order chi connectivity index (χ0) is 21.8. The first-order chi connectivity index (χ1) is 15.0. The van der Waals surface area contributed by atoms with Gasteiger partial charge in [0.05, 0.1) is 6.10 Å². The molecule has 9 heteroatoms. The number of benzene rings is 2. The molecule has 2 fully saturated rings. The Labute approximate surface area is 207 Å². The molecule has 178 valence electrons. The lowest BCUT2D eigenvalue weighted by Gasteiger charge is -2.27. The second kappa shape index (κ2) is 12.1. The number of ether oxygens (including phenoxy) is 1. The Morgan fingerprint density at radius 3 is 2.45 bits per heavy atom. The van der Waals surface area contributed by atoms with Crippen molar-refractivity contribution < 1.29 is 24.2 Å². The molecule has 2 aliphatic heterocycles. The van der Waals surface area contributed by atoms with Crippen LogP contribution in [-0.4, -0.2) is 58.9 Å². The third-order valence-electron chi connectivity index (χ3n) is 5.89. The number of carbonyl (C=O) groups excluding carboxylic acids is 3. The smallest absolute Gasteiger partial charge is 0.246 e. The summed E-state index contributed by atoms with van der Waals surface area (Å²) in [6.07, 6.45) is 1.49. The van der Waals surface area contributed by atoms with Gasteiger partial charge in [0, 0.05) is 19.4 Å². The predicted octanol–water partition coefficient (Wildman–Crippen LogP) is 1.85. The molecule has 33 heavy (non-hydrogen) atoms. The molecule has 0 saturated carbocycles. The van der Waals surface area contributed by atoms with E-state index >= 15 is 0 Å². The first-order valence-electron chi connectivity index (χ1n) is 10.6. The molecule has 0 spiro atoms. The van der Waals surface area contributed by atoms with Gasteiger partial charge in [0.25, 0.3) is 0 Å². The Balaban J connectivity index is 0.00000193. The number of hydrogen-bond donors (Lipinski definition) is 2. The minimum Gasteiger partial charge on any atom is -0.508 e. The number of likely N-dealkylation sites (tertiary alicyclic amines) is 1. The number of Topliss-reactive ketones (excluding diaryl/α,β-unsaturated/α-hetero) is 1. The van der Waals surface area contributed by atoms with Gasteiger partial charge >= 0.3 is 0 Å². The molecule has 0 unspecified atom stereocenters. The summed E-state index contributed by atoms with van der Waals surface area (Å²) < 4.78 is 5.49. The van der Waals surface area contributed by atoms with E-state index in [0.717, 1.165) is 11.1 Å². The molecular formula is C24H30N2O5S2. The Hall–Kier alpha value is -2.49. The zero-order valence-corrected chi connectivity index (χ0v) is 20.2. The van der Waals surface area contributed by atoms with Gasteiger partial charge in [-0.2, -0.15) is 27.0 Å². The van der Waals surface area contributed by atoms with Crippen LogP contribution in [-0.2, 0) is 32.0 Å². The van der Waals surface area contributed by atoms with E-state index in [-0.39, 0.29) is 75.9 Å². The van der Waals surface area contributed by atoms with Crippen molar-refractivity contribution in [2.45, 2.75) is 43.9 Å². The van der Waals surface area contributed by atoms with Crippen LogP contribution in [0.3, 0.4) is 0 Å². The number of carbonyl (C=O) groups is 3. The molecule has 0 radical (unpaired) electrons. The quantitative estimate of drug-likeness (QED) is 0.618.